The molecule has 2 aromatic heterocycles. The number of anilines is 1. The lowest BCUT2D eigenvalue weighted by Gasteiger charge is -2.34. The number of aliphatic imine (C=N–C) groups is 1. The Balaban J connectivity index is 0.00000341. The molecule has 1 aliphatic rings. The van der Waals surface area contributed by atoms with Crippen LogP contribution in [0.1, 0.15) is 36.9 Å². The molecule has 0 spiro atoms. The molecule has 0 aliphatic carbocycles. The van der Waals surface area contributed by atoms with E-state index in [1.165, 1.54) is 0 Å². The van der Waals surface area contributed by atoms with Crippen molar-refractivity contribution in [3.63, 3.8) is 0 Å². The van der Waals surface area contributed by atoms with Crippen molar-refractivity contribution in [2.75, 3.05) is 44.7 Å². The first-order valence-corrected chi connectivity index (χ1v) is 11.1. The lowest BCUT2D eigenvalue weighted by molar-refractivity contribution is -0.131. The van der Waals surface area contributed by atoms with E-state index in [9.17, 15) is 4.79 Å². The van der Waals surface area contributed by atoms with Crippen LogP contribution < -0.4 is 15.5 Å². The van der Waals surface area contributed by atoms with Crippen LogP contribution in [0.2, 0.25) is 0 Å². The van der Waals surface area contributed by atoms with E-state index in [0.717, 1.165) is 29.7 Å². The third kappa shape index (κ3) is 7.56. The topological polar surface area (TPSA) is 98.6 Å². The van der Waals surface area contributed by atoms with Crippen LogP contribution in [0.25, 0.3) is 0 Å². The maximum Gasteiger partial charge on any atom is 0.225 e. The van der Waals surface area contributed by atoms with E-state index in [0.29, 0.717) is 44.5 Å². The predicted octanol–water partition coefficient (Wildman–Crippen LogP) is 2.08. The van der Waals surface area contributed by atoms with Gasteiger partial charge in [0.1, 0.15) is 5.01 Å². The van der Waals surface area contributed by atoms with Gasteiger partial charge in [-0.25, -0.2) is 15.0 Å². The number of carbonyl (C=O) groups is 1. The Morgan fingerprint density at radius 2 is 1.90 bits per heavy atom. The van der Waals surface area contributed by atoms with Gasteiger partial charge in [-0.05, 0) is 12.0 Å². The molecule has 9 nitrogen and oxygen atoms in total. The second-order valence-corrected chi connectivity index (χ2v) is 8.28. The number of rotatable bonds is 7. The smallest absolute Gasteiger partial charge is 0.225 e. The number of guanidine groups is 1. The molecule has 2 N–H and O–H groups in total. The standard InChI is InChI=1S/C20H30N8OS.HI/c1-15(2)16-14-30-17(26-16)13-25-19(21-3)22-8-5-18(29)27-9-11-28(12-10-27)20-23-6-4-7-24-20;/h4,6-7,14-15H,5,8-13H2,1-3H3,(H2,21,22,25);1H. The van der Waals surface area contributed by atoms with E-state index in [1.54, 1.807) is 36.8 Å². The van der Waals surface area contributed by atoms with Gasteiger partial charge in [0, 0.05) is 64.0 Å². The number of carbonyl (C=O) groups excluding carboxylic acids is 1. The van der Waals surface area contributed by atoms with Crippen LogP contribution in [0.15, 0.2) is 28.8 Å². The largest absolute Gasteiger partial charge is 0.356 e. The molecule has 1 fully saturated rings. The molecular formula is C20H31IN8OS. The first kappa shape index (κ1) is 25.2. The van der Waals surface area contributed by atoms with Crippen molar-refractivity contribution >= 4 is 53.1 Å². The van der Waals surface area contributed by atoms with E-state index < -0.39 is 0 Å². The molecule has 3 rings (SSSR count). The fourth-order valence-corrected chi connectivity index (χ4v) is 4.00. The van der Waals surface area contributed by atoms with Gasteiger partial charge in [-0.2, -0.15) is 0 Å². The van der Waals surface area contributed by atoms with Crippen LogP contribution in [0.4, 0.5) is 5.95 Å². The van der Waals surface area contributed by atoms with E-state index in [-0.39, 0.29) is 29.9 Å². The molecule has 11 heteroatoms. The first-order chi connectivity index (χ1) is 14.6. The number of nitrogens with one attached hydrogen (secondary N) is 2. The van der Waals surface area contributed by atoms with Gasteiger partial charge in [0.15, 0.2) is 5.96 Å². The Morgan fingerprint density at radius 3 is 2.52 bits per heavy atom. The van der Waals surface area contributed by atoms with Crippen LogP contribution in [0, 0.1) is 0 Å². The number of hydrogen-bond donors (Lipinski definition) is 2. The average molecular weight is 558 g/mol. The predicted molar refractivity (Wildman–Crippen MR) is 135 cm³/mol. The maximum atomic E-state index is 12.5. The highest BCUT2D eigenvalue weighted by Crippen LogP contribution is 2.17. The van der Waals surface area contributed by atoms with Gasteiger partial charge < -0.3 is 20.4 Å². The van der Waals surface area contributed by atoms with Gasteiger partial charge >= 0.3 is 0 Å². The number of halogens is 1. The fraction of sp³-hybridized carbons (Fsp3) is 0.550. The number of nitrogens with zero attached hydrogens (tertiary/aromatic N) is 6. The molecule has 0 saturated carbocycles. The molecular weight excluding hydrogens is 527 g/mol. The third-order valence-corrected chi connectivity index (χ3v) is 5.76. The third-order valence-electron chi connectivity index (χ3n) is 4.89. The number of hydrogen-bond acceptors (Lipinski definition) is 7. The molecule has 31 heavy (non-hydrogen) atoms. The minimum Gasteiger partial charge on any atom is -0.356 e. The van der Waals surface area contributed by atoms with Gasteiger partial charge in [-0.15, -0.1) is 35.3 Å². The SMILES string of the molecule is CN=C(NCCC(=O)N1CCN(c2ncccn2)CC1)NCc1nc(C(C)C)cs1.I. The van der Waals surface area contributed by atoms with Crippen molar-refractivity contribution in [3.8, 4) is 0 Å². The number of amides is 1. The number of piperazine rings is 1. The van der Waals surface area contributed by atoms with Gasteiger partial charge in [0.2, 0.25) is 11.9 Å². The van der Waals surface area contributed by atoms with E-state index >= 15 is 0 Å². The summed E-state index contributed by atoms with van der Waals surface area (Å²) in [6, 6.07) is 1.80. The lowest BCUT2D eigenvalue weighted by Crippen LogP contribution is -2.50. The highest BCUT2D eigenvalue weighted by atomic mass is 127. The van der Waals surface area contributed by atoms with Crippen molar-refractivity contribution in [1.82, 2.24) is 30.5 Å². The second kappa shape index (κ2) is 12.7. The number of aromatic nitrogens is 3. The highest BCUT2D eigenvalue weighted by Gasteiger charge is 2.22. The zero-order valence-corrected chi connectivity index (χ0v) is 21.4. The van der Waals surface area contributed by atoms with E-state index in [1.807, 2.05) is 4.90 Å². The Kier molecular flexibility index (Phi) is 10.4. The molecule has 0 aromatic carbocycles. The Bertz CT molecular complexity index is 837. The fourth-order valence-electron chi connectivity index (χ4n) is 3.11. The Morgan fingerprint density at radius 1 is 1.19 bits per heavy atom. The van der Waals surface area contributed by atoms with Crippen LogP contribution >= 0.6 is 35.3 Å². The summed E-state index contributed by atoms with van der Waals surface area (Å²) in [7, 11) is 1.73. The summed E-state index contributed by atoms with van der Waals surface area (Å²) in [5.41, 5.74) is 1.12. The molecule has 170 valence electrons. The second-order valence-electron chi connectivity index (χ2n) is 7.34. The minimum atomic E-state index is 0. The molecule has 0 bridgehead atoms. The summed E-state index contributed by atoms with van der Waals surface area (Å²) >= 11 is 1.65. The minimum absolute atomic E-state index is 0. The van der Waals surface area contributed by atoms with Gasteiger partial charge in [-0.3, -0.25) is 9.79 Å². The highest BCUT2D eigenvalue weighted by molar-refractivity contribution is 14.0. The summed E-state index contributed by atoms with van der Waals surface area (Å²) < 4.78 is 0. The normalized spacial score (nSPS) is 14.4. The van der Waals surface area contributed by atoms with Crippen LogP contribution in [-0.2, 0) is 11.3 Å². The van der Waals surface area contributed by atoms with Crippen molar-refractivity contribution in [3.05, 3.63) is 34.5 Å². The van der Waals surface area contributed by atoms with Crippen LogP contribution in [-0.4, -0.2) is 71.5 Å². The summed E-state index contributed by atoms with van der Waals surface area (Å²) in [4.78, 5) is 33.9. The quantitative estimate of drug-likeness (QED) is 0.305. The molecule has 0 atom stereocenters. The molecule has 1 saturated heterocycles. The zero-order valence-electron chi connectivity index (χ0n) is 18.2. The Labute approximate surface area is 204 Å². The summed E-state index contributed by atoms with van der Waals surface area (Å²) in [5.74, 6) is 1.98. The van der Waals surface area contributed by atoms with Gasteiger partial charge in [-0.1, -0.05) is 13.8 Å². The molecule has 3 heterocycles. The monoisotopic (exact) mass is 558 g/mol. The lowest BCUT2D eigenvalue weighted by atomic mass is 10.2. The molecule has 2 aromatic rings. The summed E-state index contributed by atoms with van der Waals surface area (Å²) in [6.07, 6.45) is 3.91. The van der Waals surface area contributed by atoms with E-state index in [4.69, 9.17) is 0 Å². The molecule has 1 aliphatic heterocycles. The van der Waals surface area contributed by atoms with Gasteiger partial charge in [0.05, 0.1) is 12.2 Å². The van der Waals surface area contributed by atoms with Crippen molar-refractivity contribution < 1.29 is 4.79 Å². The van der Waals surface area contributed by atoms with Crippen molar-refractivity contribution in [1.29, 1.82) is 0 Å². The van der Waals surface area contributed by atoms with E-state index in [2.05, 4.69) is 54.7 Å². The van der Waals surface area contributed by atoms with Crippen molar-refractivity contribution in [2.45, 2.75) is 32.7 Å². The first-order valence-electron chi connectivity index (χ1n) is 10.3. The summed E-state index contributed by atoms with van der Waals surface area (Å²) in [6.45, 7) is 8.30. The van der Waals surface area contributed by atoms with Crippen LogP contribution in [0.3, 0.4) is 0 Å². The Hall–Kier alpha value is -2.02. The van der Waals surface area contributed by atoms with Gasteiger partial charge in [0.25, 0.3) is 0 Å². The molecule has 0 radical (unpaired) electrons. The number of thiazole rings is 1. The van der Waals surface area contributed by atoms with Crippen LogP contribution in [0.5, 0.6) is 0 Å². The maximum absolute atomic E-state index is 12.5. The average Bonchev–Trinajstić information content (AvgIpc) is 3.26. The molecule has 1 amide bonds. The van der Waals surface area contributed by atoms with Crippen molar-refractivity contribution in [2.24, 2.45) is 4.99 Å². The zero-order chi connectivity index (χ0) is 21.3. The molecule has 0 unspecified atom stereocenters. The summed E-state index contributed by atoms with van der Waals surface area (Å²) in [5, 5.41) is 9.59.